The highest BCUT2D eigenvalue weighted by molar-refractivity contribution is 5.85. The summed E-state index contributed by atoms with van der Waals surface area (Å²) in [6.45, 7) is 10.8. The van der Waals surface area contributed by atoms with Gasteiger partial charge in [-0.25, -0.2) is 0 Å². The van der Waals surface area contributed by atoms with Crippen molar-refractivity contribution >= 4 is 30.7 Å². The average molecular weight is 356 g/mol. The van der Waals surface area contributed by atoms with E-state index in [-0.39, 0.29) is 36.8 Å². The number of morpholine rings is 1. The predicted octanol–water partition coefficient (Wildman–Crippen LogP) is 1.38. The molecule has 2 fully saturated rings. The molecule has 2 aliphatic rings. The highest BCUT2D eigenvalue weighted by atomic mass is 35.5. The molecule has 0 aromatic rings. The van der Waals surface area contributed by atoms with E-state index in [1.54, 1.807) is 0 Å². The molecule has 0 aromatic heterocycles. The first-order valence-corrected chi connectivity index (χ1v) is 7.90. The topological polar surface area (TPSA) is 58.8 Å². The van der Waals surface area contributed by atoms with Crippen LogP contribution in [0, 0.1) is 11.8 Å². The summed E-state index contributed by atoms with van der Waals surface area (Å²) < 4.78 is 5.37. The van der Waals surface area contributed by atoms with Crippen LogP contribution in [0.2, 0.25) is 0 Å². The molecule has 0 spiro atoms. The molecule has 5 nitrogen and oxygen atoms in total. The molecule has 1 unspecified atom stereocenters. The first kappa shape index (κ1) is 21.9. The summed E-state index contributed by atoms with van der Waals surface area (Å²) in [6, 6.07) is -0.322. The second-order valence-corrected chi connectivity index (χ2v) is 6.59. The van der Waals surface area contributed by atoms with Gasteiger partial charge in [0.15, 0.2) is 0 Å². The zero-order valence-corrected chi connectivity index (χ0v) is 15.3. The van der Waals surface area contributed by atoms with Gasteiger partial charge < -0.3 is 15.4 Å². The molecular weight excluding hydrogens is 325 g/mol. The van der Waals surface area contributed by atoms with Crippen LogP contribution in [0.5, 0.6) is 0 Å². The van der Waals surface area contributed by atoms with Crippen molar-refractivity contribution < 1.29 is 9.53 Å². The van der Waals surface area contributed by atoms with Crippen LogP contribution in [-0.4, -0.2) is 67.7 Å². The third-order valence-corrected chi connectivity index (χ3v) is 4.26. The minimum absolute atomic E-state index is 0. The van der Waals surface area contributed by atoms with Gasteiger partial charge in [0.1, 0.15) is 0 Å². The van der Waals surface area contributed by atoms with Crippen molar-refractivity contribution in [3.8, 4) is 0 Å². The number of rotatable bonds is 5. The first-order valence-electron chi connectivity index (χ1n) is 7.90. The van der Waals surface area contributed by atoms with E-state index in [9.17, 15) is 4.79 Å². The lowest BCUT2D eigenvalue weighted by Gasteiger charge is -2.29. The Hall–Kier alpha value is -0.0700. The minimum atomic E-state index is -0.322. The Kier molecular flexibility index (Phi) is 10.6. The monoisotopic (exact) mass is 355 g/mol. The van der Waals surface area contributed by atoms with Crippen LogP contribution < -0.4 is 5.73 Å². The summed E-state index contributed by atoms with van der Waals surface area (Å²) in [7, 11) is 0. The highest BCUT2D eigenvalue weighted by Gasteiger charge is 2.30. The van der Waals surface area contributed by atoms with Crippen molar-refractivity contribution in [2.75, 3.05) is 45.9 Å². The second kappa shape index (κ2) is 10.7. The van der Waals surface area contributed by atoms with E-state index >= 15 is 0 Å². The molecule has 0 radical (unpaired) electrons. The zero-order chi connectivity index (χ0) is 14.5. The zero-order valence-electron chi connectivity index (χ0n) is 13.7. The Morgan fingerprint density at radius 2 is 1.86 bits per heavy atom. The van der Waals surface area contributed by atoms with Gasteiger partial charge in [-0.2, -0.15) is 0 Å². The van der Waals surface area contributed by atoms with Gasteiger partial charge in [0.25, 0.3) is 0 Å². The van der Waals surface area contributed by atoms with Crippen LogP contribution >= 0.6 is 24.8 Å². The van der Waals surface area contributed by atoms with Crippen molar-refractivity contribution in [3.63, 3.8) is 0 Å². The maximum absolute atomic E-state index is 12.3. The summed E-state index contributed by atoms with van der Waals surface area (Å²) in [4.78, 5) is 16.7. The molecule has 2 atom stereocenters. The van der Waals surface area contributed by atoms with Crippen LogP contribution in [-0.2, 0) is 9.53 Å². The minimum Gasteiger partial charge on any atom is -0.379 e. The van der Waals surface area contributed by atoms with Gasteiger partial charge in [0, 0.05) is 32.7 Å². The Labute approximate surface area is 146 Å². The van der Waals surface area contributed by atoms with Gasteiger partial charge in [-0.3, -0.25) is 9.69 Å². The number of hydrogen-bond donors (Lipinski definition) is 1. The molecular formula is C15H31Cl2N3O2. The van der Waals surface area contributed by atoms with Gasteiger partial charge in [-0.1, -0.05) is 13.8 Å². The van der Waals surface area contributed by atoms with E-state index < -0.39 is 0 Å². The predicted molar refractivity (Wildman–Crippen MR) is 93.9 cm³/mol. The lowest BCUT2D eigenvalue weighted by molar-refractivity contribution is -0.132. The number of ether oxygens (including phenoxy) is 1. The molecule has 0 aliphatic carbocycles. The van der Waals surface area contributed by atoms with Crippen LogP contribution in [0.15, 0.2) is 0 Å². The number of nitrogens with zero attached hydrogens (tertiary/aromatic N) is 2. The smallest absolute Gasteiger partial charge is 0.239 e. The maximum atomic E-state index is 12.3. The van der Waals surface area contributed by atoms with Crippen molar-refractivity contribution in [2.45, 2.75) is 32.7 Å². The molecule has 0 bridgehead atoms. The Morgan fingerprint density at radius 1 is 1.23 bits per heavy atom. The van der Waals surface area contributed by atoms with Crippen molar-refractivity contribution in [3.05, 3.63) is 0 Å². The number of likely N-dealkylation sites (tertiary alicyclic amines) is 1. The van der Waals surface area contributed by atoms with E-state index in [2.05, 4.69) is 18.7 Å². The SMILES string of the molecule is CC(C)C[C@H](N)C(=O)N1CCC(CN2CCOCC2)C1.Cl.Cl. The normalized spacial score (nSPS) is 23.8. The standard InChI is InChI=1S/C15H29N3O2.2ClH/c1-12(2)9-14(16)15(19)18-4-3-13(11-18)10-17-5-7-20-8-6-17;;/h12-14H,3-11,16H2,1-2H3;2*1H/t13?,14-;;/m0../s1. The maximum Gasteiger partial charge on any atom is 0.239 e. The molecule has 1 amide bonds. The van der Waals surface area contributed by atoms with Crippen molar-refractivity contribution in [1.82, 2.24) is 9.80 Å². The fourth-order valence-corrected chi connectivity index (χ4v) is 3.17. The van der Waals surface area contributed by atoms with Crippen LogP contribution in [0.4, 0.5) is 0 Å². The van der Waals surface area contributed by atoms with Crippen molar-refractivity contribution in [2.24, 2.45) is 17.6 Å². The number of carbonyl (C=O) groups is 1. The summed E-state index contributed by atoms with van der Waals surface area (Å²) >= 11 is 0. The molecule has 0 aromatic carbocycles. The Balaban J connectivity index is 0.00000220. The number of amides is 1. The summed E-state index contributed by atoms with van der Waals surface area (Å²) in [5.74, 6) is 1.21. The van der Waals surface area contributed by atoms with E-state index in [4.69, 9.17) is 10.5 Å². The van der Waals surface area contributed by atoms with Gasteiger partial charge in [0.05, 0.1) is 19.3 Å². The Bertz CT molecular complexity index is 326. The van der Waals surface area contributed by atoms with Crippen LogP contribution in [0.3, 0.4) is 0 Å². The summed E-state index contributed by atoms with van der Waals surface area (Å²) in [5.41, 5.74) is 6.01. The van der Waals surface area contributed by atoms with Gasteiger partial charge in [-0.05, 0) is 24.7 Å². The quantitative estimate of drug-likeness (QED) is 0.809. The van der Waals surface area contributed by atoms with Gasteiger partial charge >= 0.3 is 0 Å². The molecule has 2 saturated heterocycles. The molecule has 2 aliphatic heterocycles. The third-order valence-electron chi connectivity index (χ3n) is 4.26. The average Bonchev–Trinajstić information content (AvgIpc) is 2.86. The second-order valence-electron chi connectivity index (χ2n) is 6.59. The molecule has 22 heavy (non-hydrogen) atoms. The van der Waals surface area contributed by atoms with E-state index in [1.165, 1.54) is 0 Å². The summed E-state index contributed by atoms with van der Waals surface area (Å²) in [5, 5.41) is 0. The molecule has 132 valence electrons. The molecule has 7 heteroatoms. The van der Waals surface area contributed by atoms with Gasteiger partial charge in [0.2, 0.25) is 5.91 Å². The molecule has 2 rings (SSSR count). The van der Waals surface area contributed by atoms with Gasteiger partial charge in [-0.15, -0.1) is 24.8 Å². The highest BCUT2D eigenvalue weighted by Crippen LogP contribution is 2.19. The lowest BCUT2D eigenvalue weighted by atomic mass is 10.0. The number of nitrogens with two attached hydrogens (primary N) is 1. The van der Waals surface area contributed by atoms with E-state index in [0.717, 1.165) is 58.8 Å². The Morgan fingerprint density at radius 3 is 2.45 bits per heavy atom. The number of halogens is 2. The van der Waals surface area contributed by atoms with E-state index in [1.807, 2.05) is 4.90 Å². The number of carbonyl (C=O) groups excluding carboxylic acids is 1. The summed E-state index contributed by atoms with van der Waals surface area (Å²) in [6.07, 6.45) is 1.89. The lowest BCUT2D eigenvalue weighted by Crippen LogP contribution is -2.44. The molecule has 2 N–H and O–H groups in total. The van der Waals surface area contributed by atoms with E-state index in [0.29, 0.717) is 11.8 Å². The fourth-order valence-electron chi connectivity index (χ4n) is 3.17. The first-order chi connectivity index (χ1) is 9.56. The van der Waals surface area contributed by atoms with Crippen LogP contribution in [0.1, 0.15) is 26.7 Å². The van der Waals surface area contributed by atoms with Crippen molar-refractivity contribution in [1.29, 1.82) is 0 Å². The van der Waals surface area contributed by atoms with Crippen LogP contribution in [0.25, 0.3) is 0 Å². The third kappa shape index (κ3) is 6.59. The fraction of sp³-hybridized carbons (Fsp3) is 0.933. The number of hydrogen-bond acceptors (Lipinski definition) is 4. The molecule has 0 saturated carbocycles. The molecule has 2 heterocycles. The largest absolute Gasteiger partial charge is 0.379 e.